The van der Waals surface area contributed by atoms with E-state index in [0.29, 0.717) is 17.9 Å². The fourth-order valence-corrected chi connectivity index (χ4v) is 1.53. The number of aryl methyl sites for hydroxylation is 1. The number of anilines is 2. The quantitative estimate of drug-likeness (QED) is 0.713. The van der Waals surface area contributed by atoms with Gasteiger partial charge in [0.2, 0.25) is 0 Å². The molecule has 0 amide bonds. The first-order valence-electron chi connectivity index (χ1n) is 5.63. The molecule has 4 N–H and O–H groups in total. The summed E-state index contributed by atoms with van der Waals surface area (Å²) in [6.07, 6.45) is 1.58. The maximum Gasteiger partial charge on any atom is 0.149 e. The van der Waals surface area contributed by atoms with Crippen LogP contribution in [0.5, 0.6) is 0 Å². The number of nitrogens with zero attached hydrogens (tertiary/aromatic N) is 1. The molecule has 1 aromatic rings. The van der Waals surface area contributed by atoms with Gasteiger partial charge in [-0.3, -0.25) is 0 Å². The summed E-state index contributed by atoms with van der Waals surface area (Å²) in [7, 11) is 0. The summed E-state index contributed by atoms with van der Waals surface area (Å²) in [6, 6.07) is 3.73. The predicted octanol–water partition coefficient (Wildman–Crippen LogP) is 1.94. The van der Waals surface area contributed by atoms with Crippen LogP contribution in [0.2, 0.25) is 0 Å². The number of aromatic nitrogens is 1. The Kier molecular flexibility index (Phi) is 4.12. The van der Waals surface area contributed by atoms with E-state index >= 15 is 0 Å². The molecule has 0 radical (unpaired) electrons. The van der Waals surface area contributed by atoms with Gasteiger partial charge in [-0.05, 0) is 38.8 Å². The predicted molar refractivity (Wildman–Crippen MR) is 67.4 cm³/mol. The molecule has 0 saturated heterocycles. The van der Waals surface area contributed by atoms with Crippen LogP contribution in [0.1, 0.15) is 32.4 Å². The minimum absolute atomic E-state index is 0.156. The van der Waals surface area contributed by atoms with E-state index in [1.165, 1.54) is 0 Å². The van der Waals surface area contributed by atoms with E-state index in [2.05, 4.69) is 24.1 Å². The molecule has 4 heteroatoms. The maximum atomic E-state index is 9.04. The monoisotopic (exact) mass is 223 g/mol. The van der Waals surface area contributed by atoms with Gasteiger partial charge in [-0.1, -0.05) is 6.92 Å². The lowest BCUT2D eigenvalue weighted by Gasteiger charge is -2.30. The molecule has 1 atom stereocenters. The van der Waals surface area contributed by atoms with Crippen molar-refractivity contribution in [3.63, 3.8) is 0 Å². The van der Waals surface area contributed by atoms with E-state index in [0.717, 1.165) is 12.1 Å². The highest BCUT2D eigenvalue weighted by molar-refractivity contribution is 5.62. The van der Waals surface area contributed by atoms with Crippen molar-refractivity contribution in [2.24, 2.45) is 0 Å². The summed E-state index contributed by atoms with van der Waals surface area (Å²) in [6.45, 7) is 6.23. The molecule has 1 unspecified atom stereocenters. The topological polar surface area (TPSA) is 71.2 Å². The smallest absolute Gasteiger partial charge is 0.149 e. The van der Waals surface area contributed by atoms with Crippen molar-refractivity contribution in [1.82, 2.24) is 4.98 Å². The zero-order valence-electron chi connectivity index (χ0n) is 10.2. The molecule has 0 saturated carbocycles. The molecule has 16 heavy (non-hydrogen) atoms. The average molecular weight is 223 g/mol. The third kappa shape index (κ3) is 3.10. The summed E-state index contributed by atoms with van der Waals surface area (Å²) in [5, 5.41) is 12.4. The summed E-state index contributed by atoms with van der Waals surface area (Å²) < 4.78 is 0. The highest BCUT2D eigenvalue weighted by atomic mass is 16.3. The van der Waals surface area contributed by atoms with E-state index in [9.17, 15) is 0 Å². The van der Waals surface area contributed by atoms with Crippen molar-refractivity contribution in [3.8, 4) is 0 Å². The minimum atomic E-state index is -0.163. The van der Waals surface area contributed by atoms with Gasteiger partial charge in [0.15, 0.2) is 0 Å². The maximum absolute atomic E-state index is 9.04. The molecule has 1 heterocycles. The van der Waals surface area contributed by atoms with Crippen molar-refractivity contribution in [2.75, 3.05) is 17.7 Å². The summed E-state index contributed by atoms with van der Waals surface area (Å²) in [4.78, 5) is 4.37. The van der Waals surface area contributed by atoms with Gasteiger partial charge in [0.25, 0.3) is 0 Å². The van der Waals surface area contributed by atoms with Crippen LogP contribution in [-0.4, -0.2) is 22.2 Å². The Morgan fingerprint density at radius 2 is 2.19 bits per heavy atom. The number of aliphatic hydroxyl groups excluding tert-OH is 1. The number of nitrogen functional groups attached to an aromatic ring is 1. The van der Waals surface area contributed by atoms with E-state index in [1.807, 2.05) is 19.1 Å². The van der Waals surface area contributed by atoms with Crippen LogP contribution in [-0.2, 0) is 0 Å². The first kappa shape index (κ1) is 12.8. The number of hydrogen-bond donors (Lipinski definition) is 3. The zero-order valence-corrected chi connectivity index (χ0v) is 10.2. The molecule has 0 fully saturated rings. The van der Waals surface area contributed by atoms with Crippen molar-refractivity contribution >= 4 is 11.5 Å². The molecule has 1 aromatic heterocycles. The van der Waals surface area contributed by atoms with Gasteiger partial charge in [-0.25, -0.2) is 4.98 Å². The number of aliphatic hydroxyl groups is 1. The van der Waals surface area contributed by atoms with E-state index in [4.69, 9.17) is 10.8 Å². The fourth-order valence-electron chi connectivity index (χ4n) is 1.53. The molecule has 90 valence electrons. The Bertz CT molecular complexity index is 354. The molecule has 0 aliphatic heterocycles. The summed E-state index contributed by atoms with van der Waals surface area (Å²) >= 11 is 0. The van der Waals surface area contributed by atoms with Gasteiger partial charge in [0.1, 0.15) is 5.82 Å². The average Bonchev–Trinajstić information content (AvgIpc) is 2.24. The zero-order chi connectivity index (χ0) is 12.2. The lowest BCUT2D eigenvalue weighted by atomic mass is 9.95. The van der Waals surface area contributed by atoms with Crippen LogP contribution in [0, 0.1) is 6.92 Å². The first-order chi connectivity index (χ1) is 7.50. The molecule has 4 nitrogen and oxygen atoms in total. The van der Waals surface area contributed by atoms with Crippen LogP contribution < -0.4 is 11.1 Å². The van der Waals surface area contributed by atoms with Gasteiger partial charge in [-0.2, -0.15) is 0 Å². The van der Waals surface area contributed by atoms with Crippen LogP contribution in [0.15, 0.2) is 12.1 Å². The number of nitrogens with two attached hydrogens (primary N) is 1. The highest BCUT2D eigenvalue weighted by Crippen LogP contribution is 2.24. The lowest BCUT2D eigenvalue weighted by molar-refractivity contribution is 0.252. The molecule has 0 bridgehead atoms. The van der Waals surface area contributed by atoms with Gasteiger partial charge in [0, 0.05) is 17.8 Å². The third-order valence-corrected chi connectivity index (χ3v) is 2.93. The molecule has 0 spiro atoms. The van der Waals surface area contributed by atoms with Crippen molar-refractivity contribution < 1.29 is 5.11 Å². The second-order valence-electron chi connectivity index (χ2n) is 4.40. The molecule has 0 aromatic carbocycles. The summed E-state index contributed by atoms with van der Waals surface area (Å²) in [5.74, 6) is 0.706. The van der Waals surface area contributed by atoms with Gasteiger partial charge < -0.3 is 16.2 Å². The Hall–Kier alpha value is -1.29. The second kappa shape index (κ2) is 5.16. The Morgan fingerprint density at radius 1 is 1.50 bits per heavy atom. The molecular weight excluding hydrogens is 202 g/mol. The second-order valence-corrected chi connectivity index (χ2v) is 4.40. The van der Waals surface area contributed by atoms with Crippen LogP contribution in [0.25, 0.3) is 0 Å². The molecule has 1 rings (SSSR count). The SMILES string of the molecule is CCC(C)(CCO)Nc1nc(C)ccc1N. The van der Waals surface area contributed by atoms with Crippen molar-refractivity contribution in [3.05, 3.63) is 17.8 Å². The van der Waals surface area contributed by atoms with Crippen LogP contribution in [0.3, 0.4) is 0 Å². The number of hydrogen-bond acceptors (Lipinski definition) is 4. The number of pyridine rings is 1. The third-order valence-electron chi connectivity index (χ3n) is 2.93. The first-order valence-corrected chi connectivity index (χ1v) is 5.63. The Labute approximate surface area is 96.9 Å². The minimum Gasteiger partial charge on any atom is -0.396 e. The standard InChI is InChI=1S/C12H21N3O/c1-4-12(3,7-8-16)15-11-10(13)6-5-9(2)14-11/h5-6,16H,4,7-8,13H2,1-3H3,(H,14,15). The van der Waals surface area contributed by atoms with Gasteiger partial charge in [0.05, 0.1) is 5.69 Å². The largest absolute Gasteiger partial charge is 0.396 e. The molecule has 0 aliphatic carbocycles. The van der Waals surface area contributed by atoms with E-state index in [-0.39, 0.29) is 12.1 Å². The highest BCUT2D eigenvalue weighted by Gasteiger charge is 2.22. The molecular formula is C12H21N3O. The van der Waals surface area contributed by atoms with Gasteiger partial charge in [-0.15, -0.1) is 0 Å². The van der Waals surface area contributed by atoms with E-state index in [1.54, 1.807) is 0 Å². The van der Waals surface area contributed by atoms with Crippen molar-refractivity contribution in [1.29, 1.82) is 0 Å². The van der Waals surface area contributed by atoms with Gasteiger partial charge >= 0.3 is 0 Å². The van der Waals surface area contributed by atoms with Crippen LogP contribution in [0.4, 0.5) is 11.5 Å². The summed E-state index contributed by atoms with van der Waals surface area (Å²) in [5.41, 5.74) is 7.27. The Balaban J connectivity index is 2.89. The Morgan fingerprint density at radius 3 is 2.75 bits per heavy atom. The fraction of sp³-hybridized carbons (Fsp3) is 0.583. The van der Waals surface area contributed by atoms with Crippen LogP contribution >= 0.6 is 0 Å². The molecule has 0 aliphatic rings. The lowest BCUT2D eigenvalue weighted by Crippen LogP contribution is -2.35. The normalized spacial score (nSPS) is 14.5. The van der Waals surface area contributed by atoms with E-state index < -0.39 is 0 Å². The number of rotatable bonds is 5. The number of nitrogens with one attached hydrogen (secondary N) is 1. The van der Waals surface area contributed by atoms with Crippen molar-refractivity contribution in [2.45, 2.75) is 39.2 Å².